The van der Waals surface area contributed by atoms with Crippen molar-refractivity contribution in [3.05, 3.63) is 71.0 Å². The van der Waals surface area contributed by atoms with Crippen molar-refractivity contribution in [2.24, 2.45) is 0 Å². The van der Waals surface area contributed by atoms with Gasteiger partial charge in [-0.1, -0.05) is 18.2 Å². The minimum absolute atomic E-state index is 0.0442. The monoisotopic (exact) mass is 345 g/mol. The number of nitrogens with one attached hydrogen (secondary N) is 1. The standard InChI is InChI=1S/C19H17F2NO3/c1-11-5-6-13-12(10-25-17(13)7-11)8-18(24)22-9-16(23)19-14(20)3-2-4-15(19)21/h2-7,10,16,23H,8-9H2,1H3,(H,22,24). The Morgan fingerprint density at radius 2 is 1.96 bits per heavy atom. The second-order valence-corrected chi connectivity index (χ2v) is 5.89. The Morgan fingerprint density at radius 3 is 2.68 bits per heavy atom. The molecule has 1 aromatic heterocycles. The molecule has 0 aliphatic rings. The van der Waals surface area contributed by atoms with Crippen LogP contribution in [0.2, 0.25) is 0 Å². The molecule has 2 aromatic carbocycles. The average Bonchev–Trinajstić information content (AvgIpc) is 2.94. The van der Waals surface area contributed by atoms with Gasteiger partial charge in [-0.3, -0.25) is 4.79 Å². The summed E-state index contributed by atoms with van der Waals surface area (Å²) in [5.74, 6) is -2.07. The van der Waals surface area contributed by atoms with E-state index in [1.165, 1.54) is 12.3 Å². The zero-order chi connectivity index (χ0) is 18.0. The fourth-order valence-corrected chi connectivity index (χ4v) is 2.70. The first-order valence-electron chi connectivity index (χ1n) is 7.81. The summed E-state index contributed by atoms with van der Waals surface area (Å²) in [4.78, 5) is 12.1. The summed E-state index contributed by atoms with van der Waals surface area (Å²) in [6.07, 6.45) is 0.0908. The lowest BCUT2D eigenvalue weighted by Gasteiger charge is -2.13. The fraction of sp³-hybridized carbons (Fsp3) is 0.211. The minimum Gasteiger partial charge on any atom is -0.464 e. The molecular formula is C19H17F2NO3. The highest BCUT2D eigenvalue weighted by atomic mass is 19.1. The maximum absolute atomic E-state index is 13.6. The van der Waals surface area contributed by atoms with Crippen molar-refractivity contribution in [1.82, 2.24) is 5.32 Å². The van der Waals surface area contributed by atoms with E-state index in [-0.39, 0.29) is 18.9 Å². The third kappa shape index (κ3) is 3.69. The van der Waals surface area contributed by atoms with Gasteiger partial charge in [0.05, 0.1) is 18.2 Å². The highest BCUT2D eigenvalue weighted by Crippen LogP contribution is 2.23. The van der Waals surface area contributed by atoms with Crippen LogP contribution >= 0.6 is 0 Å². The molecule has 1 heterocycles. The number of benzene rings is 2. The Morgan fingerprint density at radius 1 is 1.24 bits per heavy atom. The molecule has 0 aliphatic heterocycles. The van der Waals surface area contributed by atoms with Crippen molar-refractivity contribution in [3.63, 3.8) is 0 Å². The van der Waals surface area contributed by atoms with Gasteiger partial charge in [0.15, 0.2) is 0 Å². The van der Waals surface area contributed by atoms with Crippen molar-refractivity contribution in [2.45, 2.75) is 19.4 Å². The topological polar surface area (TPSA) is 62.5 Å². The van der Waals surface area contributed by atoms with Crippen LogP contribution in [-0.4, -0.2) is 17.6 Å². The quantitative estimate of drug-likeness (QED) is 0.745. The lowest BCUT2D eigenvalue weighted by atomic mass is 10.1. The molecule has 1 atom stereocenters. The van der Waals surface area contributed by atoms with E-state index >= 15 is 0 Å². The number of furan rings is 1. The van der Waals surface area contributed by atoms with Crippen LogP contribution in [0.5, 0.6) is 0 Å². The van der Waals surface area contributed by atoms with Crippen LogP contribution in [0.15, 0.2) is 47.1 Å². The first kappa shape index (κ1) is 17.1. The van der Waals surface area contributed by atoms with Gasteiger partial charge in [0.1, 0.15) is 23.3 Å². The maximum atomic E-state index is 13.6. The number of aryl methyl sites for hydroxylation is 1. The van der Waals surface area contributed by atoms with Crippen molar-refractivity contribution in [2.75, 3.05) is 6.54 Å². The van der Waals surface area contributed by atoms with Gasteiger partial charge in [-0.05, 0) is 30.7 Å². The molecule has 6 heteroatoms. The lowest BCUT2D eigenvalue weighted by Crippen LogP contribution is -2.30. The van der Waals surface area contributed by atoms with Crippen LogP contribution in [0, 0.1) is 18.6 Å². The molecule has 0 spiro atoms. The second kappa shape index (κ2) is 7.03. The van der Waals surface area contributed by atoms with Crippen LogP contribution in [0.1, 0.15) is 22.8 Å². The van der Waals surface area contributed by atoms with Gasteiger partial charge in [-0.25, -0.2) is 8.78 Å². The number of fused-ring (bicyclic) bond motifs is 1. The third-order valence-electron chi connectivity index (χ3n) is 3.99. The SMILES string of the molecule is Cc1ccc2c(CC(=O)NCC(O)c3c(F)cccc3F)coc2c1. The van der Waals surface area contributed by atoms with Crippen molar-refractivity contribution < 1.29 is 23.1 Å². The molecule has 1 unspecified atom stereocenters. The van der Waals surface area contributed by atoms with Crippen molar-refractivity contribution in [3.8, 4) is 0 Å². The predicted molar refractivity (Wildman–Crippen MR) is 89.0 cm³/mol. The molecule has 0 saturated carbocycles. The van der Waals surface area contributed by atoms with Crippen LogP contribution < -0.4 is 5.32 Å². The van der Waals surface area contributed by atoms with E-state index in [4.69, 9.17) is 4.42 Å². The predicted octanol–water partition coefficient (Wildman–Crippen LogP) is 3.41. The molecule has 130 valence electrons. The molecule has 2 N–H and O–H groups in total. The van der Waals surface area contributed by atoms with Gasteiger partial charge in [0, 0.05) is 17.5 Å². The Kier molecular flexibility index (Phi) is 4.81. The first-order chi connectivity index (χ1) is 12.0. The largest absolute Gasteiger partial charge is 0.464 e. The molecule has 4 nitrogen and oxygen atoms in total. The zero-order valence-corrected chi connectivity index (χ0v) is 13.6. The summed E-state index contributed by atoms with van der Waals surface area (Å²) in [6.45, 7) is 1.66. The highest BCUT2D eigenvalue weighted by Gasteiger charge is 2.19. The maximum Gasteiger partial charge on any atom is 0.224 e. The molecule has 0 saturated heterocycles. The van der Waals surface area contributed by atoms with E-state index in [2.05, 4.69) is 5.32 Å². The van der Waals surface area contributed by atoms with Crippen LogP contribution in [0.3, 0.4) is 0 Å². The molecule has 0 fully saturated rings. The summed E-state index contributed by atoms with van der Waals surface area (Å²) in [5.41, 5.74) is 2.00. The molecular weight excluding hydrogens is 328 g/mol. The molecule has 0 aliphatic carbocycles. The Bertz CT molecular complexity index is 900. The summed E-state index contributed by atoms with van der Waals surface area (Å²) >= 11 is 0. The molecule has 3 rings (SSSR count). The summed E-state index contributed by atoms with van der Waals surface area (Å²) in [6, 6.07) is 9.00. The van der Waals surface area contributed by atoms with Gasteiger partial charge >= 0.3 is 0 Å². The zero-order valence-electron chi connectivity index (χ0n) is 13.6. The summed E-state index contributed by atoms with van der Waals surface area (Å²) in [7, 11) is 0. The van der Waals surface area contributed by atoms with Crippen LogP contribution in [-0.2, 0) is 11.2 Å². The number of hydrogen-bond donors (Lipinski definition) is 2. The molecule has 1 amide bonds. The first-order valence-corrected chi connectivity index (χ1v) is 7.81. The van der Waals surface area contributed by atoms with E-state index in [1.807, 2.05) is 25.1 Å². The molecule has 25 heavy (non-hydrogen) atoms. The van der Waals surface area contributed by atoms with Gasteiger partial charge in [-0.2, -0.15) is 0 Å². The molecule has 3 aromatic rings. The van der Waals surface area contributed by atoms with Crippen molar-refractivity contribution >= 4 is 16.9 Å². The molecule has 0 radical (unpaired) electrons. The number of hydrogen-bond acceptors (Lipinski definition) is 3. The normalized spacial score (nSPS) is 12.3. The summed E-state index contributed by atoms with van der Waals surface area (Å²) in [5, 5.41) is 13.3. The minimum atomic E-state index is -1.46. The number of aliphatic hydroxyl groups excluding tert-OH is 1. The Hall–Kier alpha value is -2.73. The smallest absolute Gasteiger partial charge is 0.224 e. The lowest BCUT2D eigenvalue weighted by molar-refractivity contribution is -0.120. The number of carbonyl (C=O) groups excluding carboxylic acids is 1. The number of halogens is 2. The second-order valence-electron chi connectivity index (χ2n) is 5.89. The third-order valence-corrected chi connectivity index (χ3v) is 3.99. The van der Waals surface area contributed by atoms with E-state index in [0.29, 0.717) is 11.1 Å². The van der Waals surface area contributed by atoms with Gasteiger partial charge < -0.3 is 14.8 Å². The molecule has 0 bridgehead atoms. The van der Waals surface area contributed by atoms with Crippen LogP contribution in [0.4, 0.5) is 8.78 Å². The number of carbonyl (C=O) groups is 1. The average molecular weight is 345 g/mol. The highest BCUT2D eigenvalue weighted by molar-refractivity contribution is 5.87. The fourth-order valence-electron chi connectivity index (χ4n) is 2.70. The van der Waals surface area contributed by atoms with E-state index < -0.39 is 23.3 Å². The number of rotatable bonds is 5. The van der Waals surface area contributed by atoms with E-state index in [0.717, 1.165) is 23.1 Å². The van der Waals surface area contributed by atoms with Crippen LogP contribution in [0.25, 0.3) is 11.0 Å². The Labute approximate surface area is 143 Å². The van der Waals surface area contributed by atoms with Gasteiger partial charge in [-0.15, -0.1) is 0 Å². The van der Waals surface area contributed by atoms with Crippen molar-refractivity contribution in [1.29, 1.82) is 0 Å². The van der Waals surface area contributed by atoms with Gasteiger partial charge in [0.2, 0.25) is 5.91 Å². The van der Waals surface area contributed by atoms with E-state index in [1.54, 1.807) is 0 Å². The summed E-state index contributed by atoms with van der Waals surface area (Å²) < 4.78 is 32.7. The number of amides is 1. The van der Waals surface area contributed by atoms with Gasteiger partial charge in [0.25, 0.3) is 0 Å². The number of aliphatic hydroxyl groups is 1. The van der Waals surface area contributed by atoms with E-state index in [9.17, 15) is 18.7 Å². The Balaban J connectivity index is 1.64.